The first-order valence-corrected chi connectivity index (χ1v) is 16.5. The molecule has 0 atom stereocenters. The van der Waals surface area contributed by atoms with Crippen molar-refractivity contribution in [2.45, 2.75) is 79.5 Å². The molecule has 0 saturated heterocycles. The molecular weight excluding hydrogens is 355 g/mol. The summed E-state index contributed by atoms with van der Waals surface area (Å²) in [5.74, 6) is 0. The molecule has 0 bridgehead atoms. The van der Waals surface area contributed by atoms with E-state index in [1.165, 1.54) is 43.4 Å². The molecule has 0 amide bonds. The van der Waals surface area contributed by atoms with Gasteiger partial charge in [-0.15, -0.1) is 0 Å². The van der Waals surface area contributed by atoms with Gasteiger partial charge in [-0.25, -0.2) is 0 Å². The Morgan fingerprint density at radius 1 is 0.842 bits per heavy atom. The van der Waals surface area contributed by atoms with Gasteiger partial charge in [0, 0.05) is 0 Å². The number of hydrogen-bond donors (Lipinski definition) is 0. The topological polar surface area (TPSA) is 0 Å². The molecular formula is C17H32SSn. The zero-order valence-corrected chi connectivity index (χ0v) is 17.1. The molecule has 1 heterocycles. The number of thiophene rings is 1. The van der Waals surface area contributed by atoms with Crippen molar-refractivity contribution in [1.82, 2.24) is 0 Å². The van der Waals surface area contributed by atoms with Crippen molar-refractivity contribution in [3.63, 3.8) is 0 Å². The van der Waals surface area contributed by atoms with Crippen LogP contribution in [0, 0.1) is 6.92 Å². The van der Waals surface area contributed by atoms with Crippen LogP contribution in [0.5, 0.6) is 0 Å². The third kappa shape index (κ3) is 5.41. The van der Waals surface area contributed by atoms with Crippen LogP contribution < -0.4 is 2.89 Å². The van der Waals surface area contributed by atoms with Crippen LogP contribution >= 0.6 is 11.3 Å². The summed E-state index contributed by atoms with van der Waals surface area (Å²) < 4.78 is 6.68. The molecule has 1 aromatic heterocycles. The molecule has 0 fully saturated rings. The Bertz CT molecular complexity index is 321. The van der Waals surface area contributed by atoms with E-state index in [0.717, 1.165) is 0 Å². The van der Waals surface area contributed by atoms with Crippen molar-refractivity contribution in [2.75, 3.05) is 0 Å². The Morgan fingerprint density at radius 2 is 1.32 bits per heavy atom. The minimum atomic E-state index is -2.06. The van der Waals surface area contributed by atoms with Crippen molar-refractivity contribution < 1.29 is 0 Å². The summed E-state index contributed by atoms with van der Waals surface area (Å²) in [4.78, 5) is 1.53. The first-order valence-electron chi connectivity index (χ1n) is 8.25. The summed E-state index contributed by atoms with van der Waals surface area (Å²) in [7, 11) is 0. The van der Waals surface area contributed by atoms with E-state index >= 15 is 0 Å². The number of aryl methyl sites for hydroxylation is 1. The fourth-order valence-electron chi connectivity index (χ4n) is 3.01. The third-order valence-corrected chi connectivity index (χ3v) is 23.6. The van der Waals surface area contributed by atoms with Gasteiger partial charge in [-0.05, 0) is 0 Å². The summed E-state index contributed by atoms with van der Waals surface area (Å²) >= 11 is 0.0828. The van der Waals surface area contributed by atoms with Gasteiger partial charge in [0.25, 0.3) is 0 Å². The Hall–Kier alpha value is 0.499. The van der Waals surface area contributed by atoms with Crippen LogP contribution in [0.25, 0.3) is 0 Å². The predicted octanol–water partition coefficient (Wildman–Crippen LogP) is 6.11. The van der Waals surface area contributed by atoms with Crippen LogP contribution in [-0.2, 0) is 0 Å². The number of rotatable bonds is 10. The van der Waals surface area contributed by atoms with Gasteiger partial charge in [0.05, 0.1) is 0 Å². The van der Waals surface area contributed by atoms with Crippen molar-refractivity contribution in [3.8, 4) is 0 Å². The van der Waals surface area contributed by atoms with Gasteiger partial charge in [0.2, 0.25) is 0 Å². The molecule has 19 heavy (non-hydrogen) atoms. The zero-order chi connectivity index (χ0) is 14.1. The van der Waals surface area contributed by atoms with E-state index in [9.17, 15) is 0 Å². The Morgan fingerprint density at radius 3 is 1.63 bits per heavy atom. The van der Waals surface area contributed by atoms with E-state index in [1.54, 1.807) is 13.3 Å². The SMILES string of the molecule is CCC[CH2][Sn]([CH2]CCC)([CH2]CCC)[c]1ccc(C)s1. The Kier molecular flexibility index (Phi) is 8.72. The molecule has 0 N–H and O–H groups in total. The number of hydrogen-bond acceptors (Lipinski definition) is 1. The monoisotopic (exact) mass is 388 g/mol. The van der Waals surface area contributed by atoms with E-state index in [4.69, 9.17) is 0 Å². The van der Waals surface area contributed by atoms with Crippen LogP contribution in [0.4, 0.5) is 0 Å². The normalized spacial score (nSPS) is 12.0. The van der Waals surface area contributed by atoms with Gasteiger partial charge in [-0.3, -0.25) is 0 Å². The predicted molar refractivity (Wildman–Crippen MR) is 93.6 cm³/mol. The molecule has 110 valence electrons. The Labute approximate surface area is 128 Å². The molecule has 0 saturated carbocycles. The van der Waals surface area contributed by atoms with Gasteiger partial charge in [-0.1, -0.05) is 0 Å². The van der Waals surface area contributed by atoms with Gasteiger partial charge >= 0.3 is 129 Å². The van der Waals surface area contributed by atoms with E-state index < -0.39 is 18.4 Å². The van der Waals surface area contributed by atoms with Crippen molar-refractivity contribution in [3.05, 3.63) is 17.0 Å². The van der Waals surface area contributed by atoms with Crippen LogP contribution in [0.1, 0.15) is 64.2 Å². The molecule has 0 unspecified atom stereocenters. The van der Waals surface area contributed by atoms with E-state index in [-0.39, 0.29) is 0 Å². The fraction of sp³-hybridized carbons (Fsp3) is 0.765. The fourth-order valence-corrected chi connectivity index (χ4v) is 23.5. The molecule has 0 aromatic carbocycles. The maximum absolute atomic E-state index is 2.51. The molecule has 0 aliphatic rings. The number of unbranched alkanes of at least 4 members (excludes halogenated alkanes) is 3. The second-order valence-corrected chi connectivity index (χ2v) is 21.5. The molecule has 0 nitrogen and oxygen atoms in total. The Balaban J connectivity index is 2.93. The van der Waals surface area contributed by atoms with Crippen molar-refractivity contribution >= 4 is 32.6 Å². The van der Waals surface area contributed by atoms with Crippen LogP contribution in [0.3, 0.4) is 0 Å². The molecule has 1 aromatic rings. The summed E-state index contributed by atoms with van der Waals surface area (Å²) in [5, 5.41) is 0. The quantitative estimate of drug-likeness (QED) is 0.425. The first kappa shape index (κ1) is 17.5. The standard InChI is InChI=1S/C5H5S.3C4H9.Sn/c1-5-3-2-4-6-5;3*1-3-4-2;/h2-3H,1H3;3*1,3-4H2,2H3;. The summed E-state index contributed by atoms with van der Waals surface area (Å²) in [5.41, 5.74) is 0. The van der Waals surface area contributed by atoms with Crippen LogP contribution in [0.15, 0.2) is 12.1 Å². The summed E-state index contributed by atoms with van der Waals surface area (Å²) in [6.45, 7) is 9.35. The molecule has 0 aliphatic heterocycles. The van der Waals surface area contributed by atoms with E-state index in [0.29, 0.717) is 0 Å². The zero-order valence-electron chi connectivity index (χ0n) is 13.4. The third-order valence-electron chi connectivity index (χ3n) is 4.29. The van der Waals surface area contributed by atoms with Crippen molar-refractivity contribution in [1.29, 1.82) is 0 Å². The summed E-state index contributed by atoms with van der Waals surface area (Å²) in [6, 6.07) is 4.88. The molecule has 0 radical (unpaired) electrons. The van der Waals surface area contributed by atoms with Gasteiger partial charge in [0.15, 0.2) is 0 Å². The minimum absolute atomic E-state index is 1.38. The first-order chi connectivity index (χ1) is 9.18. The van der Waals surface area contributed by atoms with Crippen LogP contribution in [0.2, 0.25) is 13.3 Å². The summed E-state index contributed by atoms with van der Waals surface area (Å²) in [6.07, 6.45) is 8.55. The van der Waals surface area contributed by atoms with E-state index in [1.807, 2.05) is 2.89 Å². The van der Waals surface area contributed by atoms with Gasteiger partial charge in [-0.2, -0.15) is 0 Å². The van der Waals surface area contributed by atoms with Gasteiger partial charge in [0.1, 0.15) is 0 Å². The van der Waals surface area contributed by atoms with E-state index in [2.05, 4.69) is 51.2 Å². The van der Waals surface area contributed by atoms with Crippen LogP contribution in [-0.4, -0.2) is 18.4 Å². The maximum atomic E-state index is 2.51. The average Bonchev–Trinajstić information content (AvgIpc) is 2.85. The molecule has 1 rings (SSSR count). The molecule has 0 spiro atoms. The van der Waals surface area contributed by atoms with Gasteiger partial charge < -0.3 is 0 Å². The second kappa shape index (κ2) is 9.44. The molecule has 0 aliphatic carbocycles. The second-order valence-electron chi connectivity index (χ2n) is 6.00. The van der Waals surface area contributed by atoms with Crippen molar-refractivity contribution in [2.24, 2.45) is 0 Å². The average molecular weight is 387 g/mol. The molecule has 2 heteroatoms.